The van der Waals surface area contributed by atoms with E-state index in [1.54, 1.807) is 27.7 Å². The van der Waals surface area contributed by atoms with Gasteiger partial charge in [0, 0.05) is 0 Å². The second kappa shape index (κ2) is 12.0. The summed E-state index contributed by atoms with van der Waals surface area (Å²) in [7, 11) is 0. The van der Waals surface area contributed by atoms with Crippen molar-refractivity contribution in [1.29, 1.82) is 0 Å². The standard InChI is InChI=1S/C17H31N5O7/c1-7(2)12(16(27)22-13(8(3)4)17(28)29)21-15(26)10(6-23)20-14(25)9(18)5-11(19)24/h7-10,12-13,23H,5-6,18H2,1-4H3,(H2,19,24)(H,20,25)(H,21,26)(H,22,27)(H,28,29). The highest BCUT2D eigenvalue weighted by molar-refractivity contribution is 5.95. The van der Waals surface area contributed by atoms with E-state index in [1.165, 1.54) is 0 Å². The van der Waals surface area contributed by atoms with Gasteiger partial charge in [-0.1, -0.05) is 27.7 Å². The van der Waals surface area contributed by atoms with Crippen LogP contribution in [-0.4, -0.2) is 70.6 Å². The smallest absolute Gasteiger partial charge is 0.326 e. The molecule has 12 nitrogen and oxygen atoms in total. The van der Waals surface area contributed by atoms with Crippen LogP contribution >= 0.6 is 0 Å². The van der Waals surface area contributed by atoms with Crippen molar-refractivity contribution in [2.24, 2.45) is 23.3 Å². The molecule has 29 heavy (non-hydrogen) atoms. The molecule has 0 rings (SSSR count). The zero-order valence-electron chi connectivity index (χ0n) is 17.0. The van der Waals surface area contributed by atoms with E-state index in [0.29, 0.717) is 0 Å². The van der Waals surface area contributed by atoms with Gasteiger partial charge in [0.15, 0.2) is 0 Å². The zero-order valence-corrected chi connectivity index (χ0v) is 17.0. The van der Waals surface area contributed by atoms with Gasteiger partial charge in [0.25, 0.3) is 0 Å². The maximum absolute atomic E-state index is 12.5. The van der Waals surface area contributed by atoms with Crippen molar-refractivity contribution in [3.05, 3.63) is 0 Å². The van der Waals surface area contributed by atoms with E-state index in [4.69, 9.17) is 11.5 Å². The van der Waals surface area contributed by atoms with Crippen molar-refractivity contribution >= 4 is 29.6 Å². The number of aliphatic hydroxyl groups is 1. The first kappa shape index (κ1) is 26.3. The van der Waals surface area contributed by atoms with Gasteiger partial charge in [-0.25, -0.2) is 4.79 Å². The minimum Gasteiger partial charge on any atom is -0.480 e. The number of nitrogens with two attached hydrogens (primary N) is 2. The van der Waals surface area contributed by atoms with E-state index < -0.39 is 78.6 Å². The number of aliphatic carboxylic acids is 1. The number of rotatable bonds is 12. The first-order valence-electron chi connectivity index (χ1n) is 9.10. The highest BCUT2D eigenvalue weighted by atomic mass is 16.4. The van der Waals surface area contributed by atoms with Gasteiger partial charge in [-0.2, -0.15) is 0 Å². The molecular formula is C17H31N5O7. The molecule has 0 aromatic carbocycles. The monoisotopic (exact) mass is 417 g/mol. The average molecular weight is 417 g/mol. The number of nitrogens with one attached hydrogen (secondary N) is 3. The Kier molecular flexibility index (Phi) is 10.8. The highest BCUT2D eigenvalue weighted by Gasteiger charge is 2.32. The quantitative estimate of drug-likeness (QED) is 0.174. The Balaban J connectivity index is 5.18. The Bertz CT molecular complexity index is 623. The summed E-state index contributed by atoms with van der Waals surface area (Å²) in [5.74, 6) is -5.32. The lowest BCUT2D eigenvalue weighted by molar-refractivity contribution is -0.144. The van der Waals surface area contributed by atoms with Crippen LogP contribution in [0.15, 0.2) is 0 Å². The van der Waals surface area contributed by atoms with E-state index in [2.05, 4.69) is 16.0 Å². The van der Waals surface area contributed by atoms with Crippen LogP contribution in [0.5, 0.6) is 0 Å². The molecule has 9 N–H and O–H groups in total. The van der Waals surface area contributed by atoms with E-state index in [0.717, 1.165) is 0 Å². The summed E-state index contributed by atoms with van der Waals surface area (Å²) in [4.78, 5) is 58.9. The topological polar surface area (TPSA) is 214 Å². The number of primary amides is 1. The predicted octanol–water partition coefficient (Wildman–Crippen LogP) is -2.97. The Hall–Kier alpha value is -2.73. The Morgan fingerprint density at radius 2 is 1.31 bits per heavy atom. The van der Waals surface area contributed by atoms with Crippen molar-refractivity contribution in [3.8, 4) is 0 Å². The molecule has 0 aliphatic heterocycles. The lowest BCUT2D eigenvalue weighted by Crippen LogP contribution is -2.59. The zero-order chi connectivity index (χ0) is 22.9. The van der Waals surface area contributed by atoms with Crippen molar-refractivity contribution in [2.75, 3.05) is 6.61 Å². The minimum atomic E-state index is -1.43. The van der Waals surface area contributed by atoms with Gasteiger partial charge in [0.05, 0.1) is 19.1 Å². The number of hydrogen-bond donors (Lipinski definition) is 7. The molecule has 0 heterocycles. The van der Waals surface area contributed by atoms with Crippen LogP contribution in [0.1, 0.15) is 34.1 Å². The molecule has 0 saturated heterocycles. The second-order valence-electron chi connectivity index (χ2n) is 7.32. The van der Waals surface area contributed by atoms with Crippen LogP contribution in [-0.2, 0) is 24.0 Å². The molecule has 0 saturated carbocycles. The van der Waals surface area contributed by atoms with Gasteiger partial charge in [0.1, 0.15) is 18.1 Å². The molecular weight excluding hydrogens is 386 g/mol. The van der Waals surface area contributed by atoms with Gasteiger partial charge >= 0.3 is 5.97 Å². The molecule has 4 amide bonds. The largest absolute Gasteiger partial charge is 0.480 e. The average Bonchev–Trinajstić information content (AvgIpc) is 2.59. The third-order valence-corrected chi connectivity index (χ3v) is 4.05. The summed E-state index contributed by atoms with van der Waals surface area (Å²) in [6.45, 7) is 5.70. The molecule has 0 aromatic heterocycles. The molecule has 0 spiro atoms. The molecule has 4 atom stereocenters. The van der Waals surface area contributed by atoms with Crippen LogP contribution in [0.25, 0.3) is 0 Å². The fourth-order valence-corrected chi connectivity index (χ4v) is 2.33. The van der Waals surface area contributed by atoms with Gasteiger partial charge in [0.2, 0.25) is 23.6 Å². The summed E-state index contributed by atoms with van der Waals surface area (Å²) in [6, 6.07) is -5.01. The van der Waals surface area contributed by atoms with Crippen LogP contribution < -0.4 is 27.4 Å². The number of aliphatic hydroxyl groups excluding tert-OH is 1. The Morgan fingerprint density at radius 3 is 1.69 bits per heavy atom. The summed E-state index contributed by atoms with van der Waals surface area (Å²) in [6.07, 6.45) is -0.450. The van der Waals surface area contributed by atoms with Crippen LogP contribution in [0.4, 0.5) is 0 Å². The number of carboxylic acid groups (broad SMARTS) is 1. The summed E-state index contributed by atoms with van der Waals surface area (Å²) >= 11 is 0. The van der Waals surface area contributed by atoms with Crippen LogP contribution in [0.2, 0.25) is 0 Å². The minimum absolute atomic E-state index is 0.392. The van der Waals surface area contributed by atoms with Crippen LogP contribution in [0, 0.1) is 11.8 Å². The third kappa shape index (κ3) is 8.87. The van der Waals surface area contributed by atoms with Gasteiger partial charge in [-0.3, -0.25) is 19.2 Å². The first-order chi connectivity index (χ1) is 13.3. The fraction of sp³-hybridized carbons (Fsp3) is 0.706. The summed E-state index contributed by atoms with van der Waals surface area (Å²) in [5.41, 5.74) is 10.4. The van der Waals surface area contributed by atoms with Gasteiger partial charge in [-0.15, -0.1) is 0 Å². The number of amides is 4. The number of hydrogen-bond acceptors (Lipinski definition) is 7. The number of carboxylic acids is 1. The molecule has 166 valence electrons. The molecule has 12 heteroatoms. The predicted molar refractivity (Wildman–Crippen MR) is 102 cm³/mol. The van der Waals surface area contributed by atoms with Crippen molar-refractivity contribution in [2.45, 2.75) is 58.3 Å². The van der Waals surface area contributed by atoms with Crippen molar-refractivity contribution in [1.82, 2.24) is 16.0 Å². The second-order valence-corrected chi connectivity index (χ2v) is 7.32. The summed E-state index contributed by atoms with van der Waals surface area (Å²) < 4.78 is 0. The third-order valence-electron chi connectivity index (χ3n) is 4.05. The van der Waals surface area contributed by atoms with E-state index in [9.17, 15) is 34.2 Å². The molecule has 0 radical (unpaired) electrons. The summed E-state index contributed by atoms with van der Waals surface area (Å²) in [5, 5.41) is 25.5. The van der Waals surface area contributed by atoms with Gasteiger partial charge in [-0.05, 0) is 11.8 Å². The number of carbonyl (C=O) groups is 5. The van der Waals surface area contributed by atoms with E-state index in [-0.39, 0.29) is 0 Å². The van der Waals surface area contributed by atoms with Crippen molar-refractivity contribution in [3.63, 3.8) is 0 Å². The Labute approximate surface area is 168 Å². The Morgan fingerprint density at radius 1 is 0.828 bits per heavy atom. The lowest BCUT2D eigenvalue weighted by atomic mass is 10.00. The van der Waals surface area contributed by atoms with Crippen LogP contribution in [0.3, 0.4) is 0 Å². The molecule has 4 unspecified atom stereocenters. The van der Waals surface area contributed by atoms with Crippen molar-refractivity contribution < 1.29 is 34.2 Å². The highest BCUT2D eigenvalue weighted by Crippen LogP contribution is 2.07. The SMILES string of the molecule is CC(C)C(NC(=O)C(NC(=O)C(CO)NC(=O)C(N)CC(N)=O)C(C)C)C(=O)O. The lowest BCUT2D eigenvalue weighted by Gasteiger charge is -2.27. The molecule has 0 aromatic rings. The fourth-order valence-electron chi connectivity index (χ4n) is 2.33. The first-order valence-corrected chi connectivity index (χ1v) is 9.10. The normalized spacial score (nSPS) is 15.2. The molecule has 0 aliphatic carbocycles. The maximum Gasteiger partial charge on any atom is 0.326 e. The molecule has 0 bridgehead atoms. The van der Waals surface area contributed by atoms with E-state index in [1.807, 2.05) is 0 Å². The van der Waals surface area contributed by atoms with E-state index >= 15 is 0 Å². The van der Waals surface area contributed by atoms with Gasteiger partial charge < -0.3 is 37.6 Å². The molecule has 0 fully saturated rings. The maximum atomic E-state index is 12.5. The number of carbonyl (C=O) groups excluding carboxylic acids is 4. The molecule has 0 aliphatic rings.